The Kier molecular flexibility index (Phi) is 10.1. The molecule has 0 aliphatic carbocycles. The normalized spacial score (nSPS) is 16.1. The Hall–Kier alpha value is -1.65. The third-order valence-electron chi connectivity index (χ3n) is 5.22. The van der Waals surface area contributed by atoms with Crippen molar-refractivity contribution in [3.8, 4) is 5.69 Å². The lowest BCUT2D eigenvalue weighted by Gasteiger charge is -2.32. The Morgan fingerprint density at radius 1 is 1.20 bits per heavy atom. The molecule has 166 valence electrons. The van der Waals surface area contributed by atoms with Crippen LogP contribution in [0.3, 0.4) is 0 Å². The lowest BCUT2D eigenvalue weighted by Crippen LogP contribution is -2.49. The molecule has 1 unspecified atom stereocenters. The minimum atomic E-state index is 0. The van der Waals surface area contributed by atoms with Crippen molar-refractivity contribution in [1.29, 1.82) is 0 Å². The van der Waals surface area contributed by atoms with Crippen molar-refractivity contribution in [3.05, 3.63) is 47.3 Å². The molecule has 1 fully saturated rings. The monoisotopic (exact) mass is 526 g/mol. The third kappa shape index (κ3) is 6.68. The molecule has 0 amide bonds. The molecule has 1 aromatic heterocycles. The number of benzene rings is 1. The molecular formula is C22H35IN6O. The number of aryl methyl sites for hydroxylation is 2. The van der Waals surface area contributed by atoms with Gasteiger partial charge in [0, 0.05) is 37.9 Å². The van der Waals surface area contributed by atoms with E-state index < -0.39 is 0 Å². The highest BCUT2D eigenvalue weighted by Gasteiger charge is 2.17. The first-order chi connectivity index (χ1) is 14.1. The van der Waals surface area contributed by atoms with Crippen molar-refractivity contribution in [1.82, 2.24) is 25.3 Å². The van der Waals surface area contributed by atoms with Crippen molar-refractivity contribution in [2.24, 2.45) is 4.99 Å². The van der Waals surface area contributed by atoms with Gasteiger partial charge in [-0.2, -0.15) is 5.10 Å². The molecule has 1 aromatic carbocycles. The summed E-state index contributed by atoms with van der Waals surface area (Å²) in [7, 11) is 0. The van der Waals surface area contributed by atoms with Gasteiger partial charge in [-0.25, -0.2) is 9.67 Å². The van der Waals surface area contributed by atoms with Crippen molar-refractivity contribution in [2.75, 3.05) is 39.4 Å². The standard InChI is InChI=1S/C22H34N6O.HI/c1-5-23-22(24-15-19(4)27-10-12-29-13-11-27)25-16-20-8-6-7-9-21(20)28-18(3)14-17(2)26-28;/h6-9,14,19H,5,10-13,15-16H2,1-4H3,(H2,23,24,25);1H. The van der Waals surface area contributed by atoms with Crippen LogP contribution in [0.15, 0.2) is 35.3 Å². The van der Waals surface area contributed by atoms with Crippen LogP contribution >= 0.6 is 24.0 Å². The molecule has 8 heteroatoms. The van der Waals surface area contributed by atoms with E-state index in [1.54, 1.807) is 0 Å². The molecule has 1 atom stereocenters. The summed E-state index contributed by atoms with van der Waals surface area (Å²) < 4.78 is 7.45. The number of ether oxygens (including phenoxy) is 1. The first-order valence-electron chi connectivity index (χ1n) is 10.5. The highest BCUT2D eigenvalue weighted by Crippen LogP contribution is 2.17. The first kappa shape index (κ1) is 24.6. The molecule has 30 heavy (non-hydrogen) atoms. The predicted molar refractivity (Wildman–Crippen MR) is 133 cm³/mol. The van der Waals surface area contributed by atoms with Crippen LogP contribution in [-0.4, -0.2) is 66.1 Å². The van der Waals surface area contributed by atoms with E-state index in [0.29, 0.717) is 12.6 Å². The van der Waals surface area contributed by atoms with Crippen LogP contribution < -0.4 is 10.6 Å². The third-order valence-corrected chi connectivity index (χ3v) is 5.22. The lowest BCUT2D eigenvalue weighted by atomic mass is 10.2. The van der Waals surface area contributed by atoms with E-state index in [0.717, 1.165) is 68.0 Å². The minimum absolute atomic E-state index is 0. The fourth-order valence-electron chi connectivity index (χ4n) is 3.62. The zero-order chi connectivity index (χ0) is 20.6. The van der Waals surface area contributed by atoms with Crippen molar-refractivity contribution >= 4 is 29.9 Å². The zero-order valence-electron chi connectivity index (χ0n) is 18.5. The Bertz CT molecular complexity index is 816. The molecule has 1 aliphatic heterocycles. The second kappa shape index (κ2) is 12.3. The van der Waals surface area contributed by atoms with E-state index >= 15 is 0 Å². The average molecular weight is 526 g/mol. The molecule has 0 saturated carbocycles. The molecule has 2 aromatic rings. The van der Waals surface area contributed by atoms with Gasteiger partial charge in [0.1, 0.15) is 0 Å². The van der Waals surface area contributed by atoms with E-state index in [4.69, 9.17) is 9.73 Å². The molecule has 0 bridgehead atoms. The maximum absolute atomic E-state index is 5.45. The maximum Gasteiger partial charge on any atom is 0.191 e. The smallest absolute Gasteiger partial charge is 0.191 e. The minimum Gasteiger partial charge on any atom is -0.379 e. The number of morpholine rings is 1. The molecule has 3 rings (SSSR count). The zero-order valence-corrected chi connectivity index (χ0v) is 20.8. The average Bonchev–Trinajstić information content (AvgIpc) is 3.08. The predicted octanol–water partition coefficient (Wildman–Crippen LogP) is 2.88. The van der Waals surface area contributed by atoms with E-state index in [1.807, 2.05) is 17.7 Å². The van der Waals surface area contributed by atoms with Crippen LogP contribution in [-0.2, 0) is 11.3 Å². The molecule has 0 radical (unpaired) electrons. The molecule has 2 N–H and O–H groups in total. The van der Waals surface area contributed by atoms with Gasteiger partial charge in [0.25, 0.3) is 0 Å². The molecular weight excluding hydrogens is 491 g/mol. The highest BCUT2D eigenvalue weighted by atomic mass is 127. The number of halogens is 1. The van der Waals surface area contributed by atoms with E-state index in [-0.39, 0.29) is 24.0 Å². The van der Waals surface area contributed by atoms with Gasteiger partial charge < -0.3 is 15.4 Å². The van der Waals surface area contributed by atoms with Crippen molar-refractivity contribution in [2.45, 2.75) is 40.3 Å². The summed E-state index contributed by atoms with van der Waals surface area (Å²) in [6.45, 7) is 14.3. The number of guanidine groups is 1. The first-order valence-corrected chi connectivity index (χ1v) is 10.5. The van der Waals surface area contributed by atoms with Crippen LogP contribution in [0.2, 0.25) is 0 Å². The Morgan fingerprint density at radius 2 is 1.93 bits per heavy atom. The number of para-hydroxylation sites is 1. The van der Waals surface area contributed by atoms with Gasteiger partial charge in [-0.05, 0) is 45.4 Å². The molecule has 0 spiro atoms. The van der Waals surface area contributed by atoms with Crippen LogP contribution in [0, 0.1) is 13.8 Å². The summed E-state index contributed by atoms with van der Waals surface area (Å²) in [5.41, 5.74) is 4.38. The number of hydrogen-bond acceptors (Lipinski definition) is 4. The Morgan fingerprint density at radius 3 is 2.60 bits per heavy atom. The SMILES string of the molecule is CCNC(=NCc1ccccc1-n1nc(C)cc1C)NCC(C)N1CCOCC1.I. The van der Waals surface area contributed by atoms with Crippen molar-refractivity contribution in [3.63, 3.8) is 0 Å². The van der Waals surface area contributed by atoms with Gasteiger partial charge in [0.15, 0.2) is 5.96 Å². The molecule has 1 aliphatic rings. The number of aliphatic imine (C=N–C) groups is 1. The number of hydrogen-bond donors (Lipinski definition) is 2. The summed E-state index contributed by atoms with van der Waals surface area (Å²) >= 11 is 0. The van der Waals surface area contributed by atoms with Crippen LogP contribution in [0.25, 0.3) is 5.69 Å². The van der Waals surface area contributed by atoms with E-state index in [1.165, 1.54) is 0 Å². The molecule has 7 nitrogen and oxygen atoms in total. The van der Waals surface area contributed by atoms with Crippen molar-refractivity contribution < 1.29 is 4.74 Å². The van der Waals surface area contributed by atoms with Gasteiger partial charge in [-0.3, -0.25) is 4.90 Å². The summed E-state index contributed by atoms with van der Waals surface area (Å²) in [6.07, 6.45) is 0. The van der Waals surface area contributed by atoms with E-state index in [2.05, 4.69) is 65.7 Å². The number of rotatable bonds is 7. The Balaban J connectivity index is 0.00000320. The number of aromatic nitrogens is 2. The fourth-order valence-corrected chi connectivity index (χ4v) is 3.62. The second-order valence-electron chi connectivity index (χ2n) is 7.54. The molecule has 2 heterocycles. The Labute approximate surface area is 197 Å². The highest BCUT2D eigenvalue weighted by molar-refractivity contribution is 14.0. The van der Waals surface area contributed by atoms with Gasteiger partial charge in [0.2, 0.25) is 0 Å². The summed E-state index contributed by atoms with van der Waals surface area (Å²) in [6, 6.07) is 10.9. The fraction of sp³-hybridized carbons (Fsp3) is 0.545. The summed E-state index contributed by atoms with van der Waals surface area (Å²) in [5.74, 6) is 0.843. The molecule has 1 saturated heterocycles. The van der Waals surface area contributed by atoms with E-state index in [9.17, 15) is 0 Å². The number of nitrogens with zero attached hydrogens (tertiary/aromatic N) is 4. The quantitative estimate of drug-likeness (QED) is 0.330. The summed E-state index contributed by atoms with van der Waals surface area (Å²) in [4.78, 5) is 7.29. The topological polar surface area (TPSA) is 66.7 Å². The van der Waals surface area contributed by atoms with Crippen LogP contribution in [0.1, 0.15) is 30.8 Å². The lowest BCUT2D eigenvalue weighted by molar-refractivity contribution is 0.0211. The summed E-state index contributed by atoms with van der Waals surface area (Å²) in [5, 5.41) is 11.5. The van der Waals surface area contributed by atoms with Gasteiger partial charge in [-0.1, -0.05) is 18.2 Å². The van der Waals surface area contributed by atoms with Gasteiger partial charge in [0.05, 0.1) is 31.1 Å². The van der Waals surface area contributed by atoms with Gasteiger partial charge in [-0.15, -0.1) is 24.0 Å². The second-order valence-corrected chi connectivity index (χ2v) is 7.54. The van der Waals surface area contributed by atoms with Crippen LogP contribution in [0.4, 0.5) is 0 Å². The largest absolute Gasteiger partial charge is 0.379 e. The maximum atomic E-state index is 5.45. The number of nitrogens with one attached hydrogen (secondary N) is 2. The van der Waals surface area contributed by atoms with Crippen LogP contribution in [0.5, 0.6) is 0 Å². The van der Waals surface area contributed by atoms with Gasteiger partial charge >= 0.3 is 0 Å².